The Bertz CT molecular complexity index is 458. The molecule has 0 amide bonds. The quantitative estimate of drug-likeness (QED) is 0.907. The fourth-order valence-electron chi connectivity index (χ4n) is 2.04. The zero-order chi connectivity index (χ0) is 13.3. The third-order valence-corrected chi connectivity index (χ3v) is 4.01. The average Bonchev–Trinajstić information content (AvgIpc) is 3.08. The Hall–Kier alpha value is -0.940. The van der Waals surface area contributed by atoms with Crippen molar-refractivity contribution in [1.82, 2.24) is 0 Å². The van der Waals surface area contributed by atoms with Gasteiger partial charge in [-0.1, -0.05) is 15.9 Å². The van der Waals surface area contributed by atoms with Crippen molar-refractivity contribution in [3.05, 3.63) is 16.1 Å². The van der Waals surface area contributed by atoms with Crippen LogP contribution < -0.4 is 19.9 Å². The second kappa shape index (κ2) is 4.97. The first-order valence-corrected chi connectivity index (χ1v) is 6.60. The topological polar surface area (TPSA) is 53.7 Å². The third kappa shape index (κ3) is 2.42. The second-order valence-corrected chi connectivity index (χ2v) is 5.50. The van der Waals surface area contributed by atoms with Crippen molar-refractivity contribution in [2.45, 2.75) is 24.8 Å². The van der Waals surface area contributed by atoms with Gasteiger partial charge in [0.15, 0.2) is 11.5 Å². The van der Waals surface area contributed by atoms with E-state index >= 15 is 0 Å². The highest BCUT2D eigenvalue weighted by molar-refractivity contribution is 9.10. The van der Waals surface area contributed by atoms with Crippen molar-refractivity contribution in [3.63, 3.8) is 0 Å². The molecule has 5 heteroatoms. The van der Waals surface area contributed by atoms with Crippen LogP contribution in [0.15, 0.2) is 10.5 Å². The monoisotopic (exact) mass is 315 g/mol. The fraction of sp³-hybridized carbons (Fsp3) is 0.538. The number of halogens is 1. The zero-order valence-electron chi connectivity index (χ0n) is 10.9. The summed E-state index contributed by atoms with van der Waals surface area (Å²) in [5.74, 6) is 1.95. The first-order chi connectivity index (χ1) is 8.54. The van der Waals surface area contributed by atoms with Crippen LogP contribution in [0.1, 0.15) is 18.4 Å². The van der Waals surface area contributed by atoms with E-state index in [1.54, 1.807) is 21.3 Å². The molecule has 0 bridgehead atoms. The summed E-state index contributed by atoms with van der Waals surface area (Å²) in [7, 11) is 4.84. The average molecular weight is 316 g/mol. The number of hydrogen-bond donors (Lipinski definition) is 1. The molecular formula is C13H18BrNO3. The van der Waals surface area contributed by atoms with E-state index in [1.807, 2.05) is 6.07 Å². The number of rotatable bonds is 5. The molecule has 0 unspecified atom stereocenters. The summed E-state index contributed by atoms with van der Waals surface area (Å²) in [4.78, 5) is 0. The fourth-order valence-corrected chi connectivity index (χ4v) is 2.57. The Balaban J connectivity index is 2.49. The van der Waals surface area contributed by atoms with E-state index < -0.39 is 0 Å². The van der Waals surface area contributed by atoms with Crippen molar-refractivity contribution < 1.29 is 14.2 Å². The number of methoxy groups -OCH3 is 3. The number of ether oxygens (including phenoxy) is 3. The van der Waals surface area contributed by atoms with Crippen LogP contribution in [-0.2, 0) is 6.42 Å². The minimum atomic E-state index is -0.0879. The lowest BCUT2D eigenvalue weighted by atomic mass is 10.0. The minimum Gasteiger partial charge on any atom is -0.493 e. The summed E-state index contributed by atoms with van der Waals surface area (Å²) in [5, 5.41) is 0. The molecule has 0 atom stereocenters. The van der Waals surface area contributed by atoms with Crippen molar-refractivity contribution >= 4 is 15.9 Å². The smallest absolute Gasteiger partial charge is 0.203 e. The predicted octanol–water partition coefficient (Wildman–Crippen LogP) is 2.51. The van der Waals surface area contributed by atoms with E-state index in [9.17, 15) is 0 Å². The lowest BCUT2D eigenvalue weighted by molar-refractivity contribution is 0.321. The van der Waals surface area contributed by atoms with Gasteiger partial charge in [-0.2, -0.15) is 0 Å². The summed E-state index contributed by atoms with van der Waals surface area (Å²) in [6.45, 7) is 0. The van der Waals surface area contributed by atoms with Crippen molar-refractivity contribution in [2.24, 2.45) is 5.73 Å². The van der Waals surface area contributed by atoms with Gasteiger partial charge >= 0.3 is 0 Å². The standard InChI is InChI=1S/C13H18BrNO3/c1-16-10-6-9(14)8(7-13(15)4-5-13)11(17-2)12(10)18-3/h6H,4-5,7,15H2,1-3H3. The molecule has 18 heavy (non-hydrogen) atoms. The third-order valence-electron chi connectivity index (χ3n) is 3.30. The summed E-state index contributed by atoms with van der Waals surface area (Å²) in [6, 6.07) is 1.89. The molecule has 0 aromatic heterocycles. The molecule has 1 fully saturated rings. The Morgan fingerprint density at radius 2 is 1.78 bits per heavy atom. The van der Waals surface area contributed by atoms with Crippen LogP contribution in [0.4, 0.5) is 0 Å². The number of nitrogens with two attached hydrogens (primary N) is 1. The van der Waals surface area contributed by atoms with Crippen molar-refractivity contribution in [2.75, 3.05) is 21.3 Å². The van der Waals surface area contributed by atoms with Gasteiger partial charge in [-0.3, -0.25) is 0 Å². The van der Waals surface area contributed by atoms with E-state index in [4.69, 9.17) is 19.9 Å². The molecule has 1 saturated carbocycles. The highest BCUT2D eigenvalue weighted by Gasteiger charge is 2.40. The molecular weight excluding hydrogens is 298 g/mol. The summed E-state index contributed by atoms with van der Waals surface area (Å²) in [6.07, 6.45) is 2.88. The highest BCUT2D eigenvalue weighted by atomic mass is 79.9. The van der Waals surface area contributed by atoms with E-state index in [0.29, 0.717) is 17.2 Å². The maximum absolute atomic E-state index is 6.18. The van der Waals surface area contributed by atoms with Gasteiger partial charge in [0.1, 0.15) is 0 Å². The van der Waals surface area contributed by atoms with Gasteiger partial charge in [0.05, 0.1) is 21.3 Å². The van der Waals surface area contributed by atoms with Crippen molar-refractivity contribution in [3.8, 4) is 17.2 Å². The highest BCUT2D eigenvalue weighted by Crippen LogP contribution is 2.47. The second-order valence-electron chi connectivity index (χ2n) is 4.64. The molecule has 100 valence electrons. The molecule has 0 heterocycles. The first-order valence-electron chi connectivity index (χ1n) is 5.81. The maximum atomic E-state index is 6.18. The van der Waals surface area contributed by atoms with Gasteiger partial charge < -0.3 is 19.9 Å². The Morgan fingerprint density at radius 3 is 2.22 bits per heavy atom. The van der Waals surface area contributed by atoms with Gasteiger partial charge in [-0.05, 0) is 25.3 Å². The van der Waals surface area contributed by atoms with E-state index in [-0.39, 0.29) is 5.54 Å². The zero-order valence-corrected chi connectivity index (χ0v) is 12.5. The lowest BCUT2D eigenvalue weighted by Gasteiger charge is -2.19. The molecule has 2 N–H and O–H groups in total. The van der Waals surface area contributed by atoms with E-state index in [0.717, 1.165) is 29.3 Å². The van der Waals surface area contributed by atoms with Crippen LogP contribution in [0, 0.1) is 0 Å². The molecule has 0 spiro atoms. The molecule has 1 aliphatic rings. The number of hydrogen-bond acceptors (Lipinski definition) is 4. The number of benzene rings is 1. The Kier molecular flexibility index (Phi) is 3.73. The van der Waals surface area contributed by atoms with Crippen LogP contribution in [-0.4, -0.2) is 26.9 Å². The van der Waals surface area contributed by atoms with Crippen LogP contribution in [0.5, 0.6) is 17.2 Å². The summed E-state index contributed by atoms with van der Waals surface area (Å²) >= 11 is 3.55. The van der Waals surface area contributed by atoms with Crippen LogP contribution >= 0.6 is 15.9 Å². The summed E-state index contributed by atoms with van der Waals surface area (Å²) < 4.78 is 17.1. The molecule has 0 aliphatic heterocycles. The van der Waals surface area contributed by atoms with Crippen molar-refractivity contribution in [1.29, 1.82) is 0 Å². The molecule has 2 rings (SSSR count). The normalized spacial score (nSPS) is 16.3. The molecule has 4 nitrogen and oxygen atoms in total. The molecule has 1 aromatic rings. The van der Waals surface area contributed by atoms with Gasteiger partial charge in [0, 0.05) is 15.6 Å². The largest absolute Gasteiger partial charge is 0.493 e. The van der Waals surface area contributed by atoms with Gasteiger partial charge in [-0.25, -0.2) is 0 Å². The molecule has 1 aliphatic carbocycles. The summed E-state index contributed by atoms with van der Waals surface area (Å²) in [5.41, 5.74) is 7.13. The van der Waals surface area contributed by atoms with Gasteiger partial charge in [-0.15, -0.1) is 0 Å². The molecule has 0 saturated heterocycles. The predicted molar refractivity (Wildman–Crippen MR) is 73.7 cm³/mol. The van der Waals surface area contributed by atoms with E-state index in [2.05, 4.69) is 15.9 Å². The Labute approximate surface area is 116 Å². The first kappa shape index (κ1) is 13.5. The minimum absolute atomic E-state index is 0.0879. The molecule has 0 radical (unpaired) electrons. The van der Waals surface area contributed by atoms with Crippen LogP contribution in [0.25, 0.3) is 0 Å². The lowest BCUT2D eigenvalue weighted by Crippen LogP contribution is -2.25. The van der Waals surface area contributed by atoms with Crippen LogP contribution in [0.2, 0.25) is 0 Å². The van der Waals surface area contributed by atoms with Gasteiger partial charge in [0.2, 0.25) is 5.75 Å². The maximum Gasteiger partial charge on any atom is 0.203 e. The SMILES string of the molecule is COc1cc(Br)c(CC2(N)CC2)c(OC)c1OC. The van der Waals surface area contributed by atoms with Crippen LogP contribution in [0.3, 0.4) is 0 Å². The van der Waals surface area contributed by atoms with E-state index in [1.165, 1.54) is 0 Å². The van der Waals surface area contributed by atoms with Gasteiger partial charge in [0.25, 0.3) is 0 Å². The molecule has 1 aromatic carbocycles. The Morgan fingerprint density at radius 1 is 1.17 bits per heavy atom.